The molecular weight excluding hydrogens is 255 g/mol. The normalized spacial score (nSPS) is 10.1. The van der Waals surface area contributed by atoms with Gasteiger partial charge in [0.1, 0.15) is 5.82 Å². The van der Waals surface area contributed by atoms with Gasteiger partial charge in [0.25, 0.3) is 0 Å². The maximum absolute atomic E-state index is 13.1. The standard InChI is InChI=1S/C12H9FN2O2S/c13-8-3-1-2-7(4-8)10-5-9(15-12(14)17)11(6-16)18-10/h1-6H,(H3,14,15,17). The molecule has 18 heavy (non-hydrogen) atoms. The molecule has 2 aromatic rings. The number of anilines is 1. The van der Waals surface area contributed by atoms with Crippen LogP contribution >= 0.6 is 11.3 Å². The molecule has 1 aromatic carbocycles. The molecule has 0 aliphatic carbocycles. The Kier molecular flexibility index (Phi) is 3.38. The van der Waals surface area contributed by atoms with Crippen molar-refractivity contribution in [1.82, 2.24) is 0 Å². The summed E-state index contributed by atoms with van der Waals surface area (Å²) >= 11 is 1.16. The second-order valence-corrected chi connectivity index (χ2v) is 4.59. The van der Waals surface area contributed by atoms with Gasteiger partial charge in [0.05, 0.1) is 10.6 Å². The van der Waals surface area contributed by atoms with Gasteiger partial charge in [-0.15, -0.1) is 11.3 Å². The molecule has 0 saturated heterocycles. The highest BCUT2D eigenvalue weighted by Gasteiger charge is 2.11. The first-order valence-corrected chi connectivity index (χ1v) is 5.83. The summed E-state index contributed by atoms with van der Waals surface area (Å²) in [4.78, 5) is 22.7. The molecule has 0 fully saturated rings. The number of benzene rings is 1. The number of primary amides is 1. The lowest BCUT2D eigenvalue weighted by atomic mass is 10.2. The SMILES string of the molecule is NC(=O)Nc1cc(-c2cccc(F)c2)sc1C=O. The highest BCUT2D eigenvalue weighted by molar-refractivity contribution is 7.17. The number of carbonyl (C=O) groups is 2. The number of nitrogens with two attached hydrogens (primary N) is 1. The van der Waals surface area contributed by atoms with Crippen molar-refractivity contribution in [1.29, 1.82) is 0 Å². The Labute approximate surface area is 106 Å². The van der Waals surface area contributed by atoms with Crippen molar-refractivity contribution in [2.75, 3.05) is 5.32 Å². The van der Waals surface area contributed by atoms with Crippen LogP contribution in [0.15, 0.2) is 30.3 Å². The number of halogens is 1. The Morgan fingerprint density at radius 1 is 1.39 bits per heavy atom. The Morgan fingerprint density at radius 2 is 2.17 bits per heavy atom. The van der Waals surface area contributed by atoms with Gasteiger partial charge in [0.15, 0.2) is 6.29 Å². The van der Waals surface area contributed by atoms with E-state index >= 15 is 0 Å². The number of urea groups is 1. The lowest BCUT2D eigenvalue weighted by molar-refractivity contribution is 0.112. The molecule has 0 atom stereocenters. The maximum atomic E-state index is 13.1. The van der Waals surface area contributed by atoms with Crippen LogP contribution in [-0.2, 0) is 0 Å². The largest absolute Gasteiger partial charge is 0.351 e. The van der Waals surface area contributed by atoms with Gasteiger partial charge in [-0.1, -0.05) is 12.1 Å². The monoisotopic (exact) mass is 264 g/mol. The van der Waals surface area contributed by atoms with Gasteiger partial charge < -0.3 is 11.1 Å². The molecule has 0 aliphatic heterocycles. The molecule has 0 radical (unpaired) electrons. The fourth-order valence-corrected chi connectivity index (χ4v) is 2.43. The van der Waals surface area contributed by atoms with Crippen molar-refractivity contribution in [3.8, 4) is 10.4 Å². The molecule has 0 spiro atoms. The number of hydrogen-bond donors (Lipinski definition) is 2. The van der Waals surface area contributed by atoms with Crippen molar-refractivity contribution in [3.63, 3.8) is 0 Å². The zero-order chi connectivity index (χ0) is 13.1. The Balaban J connectivity index is 2.43. The molecule has 0 saturated carbocycles. The average Bonchev–Trinajstić information content (AvgIpc) is 2.71. The predicted molar refractivity (Wildman–Crippen MR) is 68.3 cm³/mol. The van der Waals surface area contributed by atoms with E-state index in [0.29, 0.717) is 27.3 Å². The van der Waals surface area contributed by atoms with E-state index in [-0.39, 0.29) is 5.82 Å². The van der Waals surface area contributed by atoms with Crippen LogP contribution in [-0.4, -0.2) is 12.3 Å². The third-order valence-corrected chi connectivity index (χ3v) is 3.34. The van der Waals surface area contributed by atoms with Gasteiger partial charge in [-0.25, -0.2) is 9.18 Å². The van der Waals surface area contributed by atoms with Crippen LogP contribution in [0.3, 0.4) is 0 Å². The molecular formula is C12H9FN2O2S. The average molecular weight is 264 g/mol. The van der Waals surface area contributed by atoms with E-state index in [1.54, 1.807) is 18.2 Å². The second kappa shape index (κ2) is 4.97. The predicted octanol–water partition coefficient (Wildman–Crippen LogP) is 2.86. The minimum Gasteiger partial charge on any atom is -0.351 e. The molecule has 4 nitrogen and oxygen atoms in total. The highest BCUT2D eigenvalue weighted by Crippen LogP contribution is 2.33. The minimum absolute atomic E-state index is 0.335. The number of rotatable bonds is 3. The zero-order valence-corrected chi connectivity index (χ0v) is 9.96. The van der Waals surface area contributed by atoms with E-state index in [1.165, 1.54) is 12.1 Å². The van der Waals surface area contributed by atoms with Crippen molar-refractivity contribution < 1.29 is 14.0 Å². The van der Waals surface area contributed by atoms with Gasteiger partial charge in [-0.2, -0.15) is 0 Å². The number of aldehydes is 1. The number of hydrogen-bond acceptors (Lipinski definition) is 3. The van der Waals surface area contributed by atoms with Crippen LogP contribution in [0.2, 0.25) is 0 Å². The number of carbonyl (C=O) groups excluding carboxylic acids is 2. The van der Waals surface area contributed by atoms with Gasteiger partial charge >= 0.3 is 6.03 Å². The summed E-state index contributed by atoms with van der Waals surface area (Å²) < 4.78 is 13.1. The van der Waals surface area contributed by atoms with Crippen molar-refractivity contribution in [2.45, 2.75) is 0 Å². The Hall–Kier alpha value is -2.21. The van der Waals surface area contributed by atoms with Crippen LogP contribution in [0.4, 0.5) is 14.9 Å². The summed E-state index contributed by atoms with van der Waals surface area (Å²) in [5.74, 6) is -0.363. The molecule has 0 bridgehead atoms. The number of thiophene rings is 1. The summed E-state index contributed by atoms with van der Waals surface area (Å²) in [7, 11) is 0. The van der Waals surface area contributed by atoms with Gasteiger partial charge in [0, 0.05) is 4.88 Å². The molecule has 92 valence electrons. The van der Waals surface area contributed by atoms with Crippen LogP contribution in [0.1, 0.15) is 9.67 Å². The first kappa shape index (κ1) is 12.3. The third-order valence-electron chi connectivity index (χ3n) is 2.23. The van der Waals surface area contributed by atoms with Crippen molar-refractivity contribution in [3.05, 3.63) is 41.0 Å². The van der Waals surface area contributed by atoms with Gasteiger partial charge in [-0.3, -0.25) is 4.79 Å². The maximum Gasteiger partial charge on any atom is 0.316 e. The fourth-order valence-electron chi connectivity index (χ4n) is 1.51. The molecule has 3 N–H and O–H groups in total. The van der Waals surface area contributed by atoms with Crippen LogP contribution in [0, 0.1) is 5.82 Å². The molecule has 2 rings (SSSR count). The van der Waals surface area contributed by atoms with E-state index in [1.807, 2.05) is 0 Å². The molecule has 2 amide bonds. The fraction of sp³-hybridized carbons (Fsp3) is 0. The van der Waals surface area contributed by atoms with Gasteiger partial charge in [0.2, 0.25) is 0 Å². The Bertz CT molecular complexity index is 610. The molecule has 0 unspecified atom stereocenters. The van der Waals surface area contributed by atoms with E-state index < -0.39 is 6.03 Å². The summed E-state index contributed by atoms with van der Waals surface area (Å²) in [6.07, 6.45) is 0.624. The lowest BCUT2D eigenvalue weighted by Gasteiger charge is -1.97. The summed E-state index contributed by atoms with van der Waals surface area (Å²) in [6.45, 7) is 0. The van der Waals surface area contributed by atoms with Crippen LogP contribution in [0.25, 0.3) is 10.4 Å². The number of nitrogens with one attached hydrogen (secondary N) is 1. The molecule has 1 aromatic heterocycles. The second-order valence-electron chi connectivity index (χ2n) is 3.51. The van der Waals surface area contributed by atoms with E-state index in [4.69, 9.17) is 5.73 Å². The summed E-state index contributed by atoms with van der Waals surface area (Å²) in [5, 5.41) is 2.35. The lowest BCUT2D eigenvalue weighted by Crippen LogP contribution is -2.19. The van der Waals surface area contributed by atoms with Crippen molar-refractivity contribution >= 4 is 29.3 Å². The molecule has 1 heterocycles. The zero-order valence-electron chi connectivity index (χ0n) is 9.14. The van der Waals surface area contributed by atoms with E-state index in [9.17, 15) is 14.0 Å². The van der Waals surface area contributed by atoms with E-state index in [2.05, 4.69) is 5.32 Å². The topological polar surface area (TPSA) is 72.2 Å². The summed E-state index contributed by atoms with van der Waals surface area (Å²) in [5.41, 5.74) is 5.97. The summed E-state index contributed by atoms with van der Waals surface area (Å²) in [6, 6.07) is 6.83. The van der Waals surface area contributed by atoms with Crippen LogP contribution < -0.4 is 11.1 Å². The molecule has 6 heteroatoms. The van der Waals surface area contributed by atoms with Crippen LogP contribution in [0.5, 0.6) is 0 Å². The molecule has 0 aliphatic rings. The first-order valence-electron chi connectivity index (χ1n) is 5.01. The van der Waals surface area contributed by atoms with E-state index in [0.717, 1.165) is 11.3 Å². The van der Waals surface area contributed by atoms with Crippen molar-refractivity contribution in [2.24, 2.45) is 5.73 Å². The van der Waals surface area contributed by atoms with Gasteiger partial charge in [-0.05, 0) is 23.8 Å². The highest BCUT2D eigenvalue weighted by atomic mass is 32.1. The first-order chi connectivity index (χ1) is 8.60. The Morgan fingerprint density at radius 3 is 2.78 bits per heavy atom. The quantitative estimate of drug-likeness (QED) is 0.837. The third kappa shape index (κ3) is 2.54. The smallest absolute Gasteiger partial charge is 0.316 e. The number of amides is 2. The minimum atomic E-state index is -0.748.